The van der Waals surface area contributed by atoms with E-state index in [-0.39, 0.29) is 11.3 Å². The van der Waals surface area contributed by atoms with E-state index in [0.29, 0.717) is 11.6 Å². The fourth-order valence-electron chi connectivity index (χ4n) is 2.69. The number of nitrogens with zero attached hydrogens (tertiary/aromatic N) is 3. The van der Waals surface area contributed by atoms with Gasteiger partial charge >= 0.3 is 0 Å². The maximum absolute atomic E-state index is 10.5. The number of benzene rings is 2. The van der Waals surface area contributed by atoms with Gasteiger partial charge in [0.15, 0.2) is 5.82 Å². The molecule has 0 radical (unpaired) electrons. The van der Waals surface area contributed by atoms with Crippen LogP contribution in [-0.2, 0) is 7.05 Å². The second-order valence-electron chi connectivity index (χ2n) is 5.97. The molecule has 0 aliphatic carbocycles. The number of hydrogen-bond acceptors (Lipinski definition) is 4. The Bertz CT molecular complexity index is 1010. The molecule has 126 valence electrons. The number of nitriles is 1. The van der Waals surface area contributed by atoms with Gasteiger partial charge in [0.2, 0.25) is 0 Å². The zero-order valence-corrected chi connectivity index (χ0v) is 15.3. The minimum Gasteiger partial charge on any atom is -0.510 e. The number of aromatic nitrogens is 2. The number of allylic oxidation sites excluding steroid dienone is 1. The van der Waals surface area contributed by atoms with Crippen molar-refractivity contribution in [3.63, 3.8) is 0 Å². The van der Waals surface area contributed by atoms with Crippen molar-refractivity contribution < 1.29 is 5.11 Å². The van der Waals surface area contributed by atoms with Crippen molar-refractivity contribution in [2.75, 3.05) is 5.75 Å². The van der Waals surface area contributed by atoms with Crippen LogP contribution in [0.5, 0.6) is 0 Å². The van der Waals surface area contributed by atoms with Crippen LogP contribution in [-0.4, -0.2) is 20.4 Å². The van der Waals surface area contributed by atoms with Crippen LogP contribution in [0.1, 0.15) is 17.0 Å². The Labute approximate surface area is 151 Å². The van der Waals surface area contributed by atoms with Crippen LogP contribution in [0.3, 0.4) is 0 Å². The molecule has 0 fully saturated rings. The second-order valence-corrected chi connectivity index (χ2v) is 6.99. The molecular formula is C20H19N3OS. The largest absolute Gasteiger partial charge is 0.510 e. The minimum atomic E-state index is 0.0480. The number of imidazole rings is 1. The predicted octanol–water partition coefficient (Wildman–Crippen LogP) is 4.78. The Morgan fingerprint density at radius 3 is 2.72 bits per heavy atom. The van der Waals surface area contributed by atoms with E-state index in [0.717, 1.165) is 21.5 Å². The Balaban J connectivity index is 1.93. The van der Waals surface area contributed by atoms with Crippen molar-refractivity contribution in [3.05, 3.63) is 65.2 Å². The number of aryl methyl sites for hydroxylation is 3. The standard InChI is InChI=1S/C20H19N3OS/c1-13-8-9-14(2)19(10-13)25-12-18(24)15(11-21)20-22-16-6-4-5-7-17(16)23(20)3/h4-10,24H,12H2,1-3H3/b18-15-. The van der Waals surface area contributed by atoms with E-state index in [1.807, 2.05) is 49.7 Å². The first-order chi connectivity index (χ1) is 12.0. The molecular weight excluding hydrogens is 330 g/mol. The Kier molecular flexibility index (Phi) is 4.82. The molecule has 0 spiro atoms. The molecule has 4 nitrogen and oxygen atoms in total. The number of thioether (sulfide) groups is 1. The fourth-order valence-corrected chi connectivity index (χ4v) is 3.70. The first-order valence-corrected chi connectivity index (χ1v) is 8.94. The third kappa shape index (κ3) is 3.40. The molecule has 5 heteroatoms. The van der Waals surface area contributed by atoms with E-state index < -0.39 is 0 Å². The molecule has 0 aliphatic heterocycles. The van der Waals surface area contributed by atoms with Crippen LogP contribution in [0.25, 0.3) is 16.6 Å². The smallest absolute Gasteiger partial charge is 0.155 e. The van der Waals surface area contributed by atoms with Crippen LogP contribution < -0.4 is 0 Å². The minimum absolute atomic E-state index is 0.0480. The van der Waals surface area contributed by atoms with E-state index in [1.165, 1.54) is 17.3 Å². The lowest BCUT2D eigenvalue weighted by Crippen LogP contribution is -2.01. The van der Waals surface area contributed by atoms with Gasteiger partial charge in [-0.3, -0.25) is 0 Å². The maximum Gasteiger partial charge on any atom is 0.155 e. The molecule has 0 saturated heterocycles. The summed E-state index contributed by atoms with van der Waals surface area (Å²) in [6.07, 6.45) is 0. The molecule has 2 aromatic carbocycles. The number of aliphatic hydroxyl groups is 1. The summed E-state index contributed by atoms with van der Waals surface area (Å²) in [5.41, 5.74) is 4.29. The third-order valence-corrected chi connectivity index (χ3v) is 5.29. The van der Waals surface area contributed by atoms with E-state index in [1.54, 1.807) is 0 Å². The van der Waals surface area contributed by atoms with Crippen molar-refractivity contribution in [1.29, 1.82) is 5.26 Å². The third-order valence-electron chi connectivity index (χ3n) is 4.12. The van der Waals surface area contributed by atoms with Gasteiger partial charge in [-0.1, -0.05) is 29.8 Å². The first-order valence-electron chi connectivity index (χ1n) is 7.95. The molecule has 25 heavy (non-hydrogen) atoms. The zero-order valence-electron chi connectivity index (χ0n) is 14.4. The van der Waals surface area contributed by atoms with Gasteiger partial charge in [0.05, 0.1) is 16.8 Å². The van der Waals surface area contributed by atoms with Gasteiger partial charge in [0.1, 0.15) is 17.4 Å². The lowest BCUT2D eigenvalue weighted by atomic mass is 10.2. The van der Waals surface area contributed by atoms with Crippen LogP contribution in [0.4, 0.5) is 0 Å². The first kappa shape index (κ1) is 17.1. The van der Waals surface area contributed by atoms with Crippen molar-refractivity contribution in [3.8, 4) is 6.07 Å². The van der Waals surface area contributed by atoms with Crippen LogP contribution >= 0.6 is 11.8 Å². The van der Waals surface area contributed by atoms with Crippen molar-refractivity contribution in [1.82, 2.24) is 9.55 Å². The number of para-hydroxylation sites is 2. The normalized spacial score (nSPS) is 12.1. The molecule has 1 N–H and O–H groups in total. The average Bonchev–Trinajstić information content (AvgIpc) is 2.93. The molecule has 0 saturated carbocycles. The van der Waals surface area contributed by atoms with Gasteiger partial charge in [-0.05, 0) is 37.6 Å². The summed E-state index contributed by atoms with van der Waals surface area (Å²) in [6.45, 7) is 4.08. The van der Waals surface area contributed by atoms with Gasteiger partial charge in [0.25, 0.3) is 0 Å². The van der Waals surface area contributed by atoms with Gasteiger partial charge in [-0.2, -0.15) is 5.26 Å². The van der Waals surface area contributed by atoms with E-state index in [4.69, 9.17) is 0 Å². The highest BCUT2D eigenvalue weighted by atomic mass is 32.2. The SMILES string of the molecule is Cc1ccc(C)c(SC/C(O)=C(\C#N)c2nc3ccccc3n2C)c1. The highest BCUT2D eigenvalue weighted by molar-refractivity contribution is 7.99. The summed E-state index contributed by atoms with van der Waals surface area (Å²) in [5, 5.41) is 20.1. The zero-order chi connectivity index (χ0) is 18.0. The van der Waals surface area contributed by atoms with Crippen molar-refractivity contribution in [2.45, 2.75) is 18.7 Å². The number of aliphatic hydroxyl groups excluding tert-OH is 1. The fraction of sp³-hybridized carbons (Fsp3) is 0.200. The summed E-state index contributed by atoms with van der Waals surface area (Å²) in [7, 11) is 1.85. The molecule has 0 amide bonds. The Hall–Kier alpha value is -2.71. The summed E-state index contributed by atoms with van der Waals surface area (Å²) in [4.78, 5) is 5.61. The van der Waals surface area contributed by atoms with Crippen LogP contribution in [0, 0.1) is 25.2 Å². The molecule has 0 aliphatic rings. The van der Waals surface area contributed by atoms with Crippen molar-refractivity contribution in [2.24, 2.45) is 7.05 Å². The van der Waals surface area contributed by atoms with Crippen molar-refractivity contribution >= 4 is 28.4 Å². The summed E-state index contributed by atoms with van der Waals surface area (Å²) >= 11 is 1.52. The van der Waals surface area contributed by atoms with Crippen LogP contribution in [0.15, 0.2) is 53.1 Å². The second kappa shape index (κ2) is 7.04. The highest BCUT2D eigenvalue weighted by Crippen LogP contribution is 2.28. The van der Waals surface area contributed by atoms with E-state index in [2.05, 4.69) is 29.3 Å². The number of rotatable bonds is 4. The molecule has 1 aromatic heterocycles. The quantitative estimate of drug-likeness (QED) is 0.418. The van der Waals surface area contributed by atoms with E-state index in [9.17, 15) is 10.4 Å². The van der Waals surface area contributed by atoms with Gasteiger partial charge in [-0.15, -0.1) is 11.8 Å². The number of fused-ring (bicyclic) bond motifs is 1. The molecule has 0 unspecified atom stereocenters. The lowest BCUT2D eigenvalue weighted by molar-refractivity contribution is 0.420. The van der Waals surface area contributed by atoms with Gasteiger partial charge in [0, 0.05) is 11.9 Å². The highest BCUT2D eigenvalue weighted by Gasteiger charge is 2.16. The predicted molar refractivity (Wildman–Crippen MR) is 103 cm³/mol. The summed E-state index contributed by atoms with van der Waals surface area (Å²) < 4.78 is 1.84. The molecule has 0 bridgehead atoms. The van der Waals surface area contributed by atoms with Crippen LogP contribution in [0.2, 0.25) is 0 Å². The molecule has 1 heterocycles. The maximum atomic E-state index is 10.5. The molecule has 3 aromatic rings. The molecule has 3 rings (SSSR count). The van der Waals surface area contributed by atoms with E-state index >= 15 is 0 Å². The monoisotopic (exact) mass is 349 g/mol. The lowest BCUT2D eigenvalue weighted by Gasteiger charge is -2.08. The average molecular weight is 349 g/mol. The topological polar surface area (TPSA) is 61.8 Å². The summed E-state index contributed by atoms with van der Waals surface area (Å²) in [5.74, 6) is 0.866. The Morgan fingerprint density at radius 1 is 1.24 bits per heavy atom. The Morgan fingerprint density at radius 2 is 2.00 bits per heavy atom. The van der Waals surface area contributed by atoms with Gasteiger partial charge < -0.3 is 9.67 Å². The number of hydrogen-bond donors (Lipinski definition) is 1. The summed E-state index contributed by atoms with van der Waals surface area (Å²) in [6, 6.07) is 16.0. The van der Waals surface area contributed by atoms with Gasteiger partial charge in [-0.25, -0.2) is 4.98 Å². The molecule has 0 atom stereocenters.